The normalized spacial score (nSPS) is 10.5. The van der Waals surface area contributed by atoms with Crippen LogP contribution in [0.4, 0.5) is 8.78 Å². The van der Waals surface area contributed by atoms with E-state index >= 15 is 0 Å². The molecule has 1 rings (SSSR count). The van der Waals surface area contributed by atoms with Gasteiger partial charge >= 0.3 is 5.97 Å². The maximum Gasteiger partial charge on any atom is 0.338 e. The lowest BCUT2D eigenvalue weighted by atomic mass is 10.1. The number of esters is 1. The Kier molecular flexibility index (Phi) is 3.96. The molecule has 0 aliphatic rings. The van der Waals surface area contributed by atoms with E-state index in [-0.39, 0.29) is 17.0 Å². The molecule has 0 aromatic carbocycles. The Morgan fingerprint density at radius 2 is 2.33 bits per heavy atom. The molecular formula is C9H8ClF2NO2. The van der Waals surface area contributed by atoms with Crippen molar-refractivity contribution in [3.63, 3.8) is 0 Å². The molecule has 0 aliphatic heterocycles. The number of hydrogen-bond acceptors (Lipinski definition) is 3. The molecule has 0 bridgehead atoms. The average Bonchev–Trinajstić information content (AvgIpc) is 2.26. The number of carbonyl (C=O) groups excluding carboxylic acids is 1. The van der Waals surface area contributed by atoms with Crippen molar-refractivity contribution in [2.24, 2.45) is 0 Å². The lowest BCUT2D eigenvalue weighted by Crippen LogP contribution is -2.09. The Hall–Kier alpha value is -1.23. The van der Waals surface area contributed by atoms with E-state index in [1.807, 2.05) is 0 Å². The summed E-state index contributed by atoms with van der Waals surface area (Å²) in [7, 11) is 1.17. The van der Waals surface area contributed by atoms with Crippen LogP contribution in [0.15, 0.2) is 12.3 Å². The van der Waals surface area contributed by atoms with E-state index in [1.165, 1.54) is 13.2 Å². The van der Waals surface area contributed by atoms with Gasteiger partial charge in [0, 0.05) is 11.8 Å². The van der Waals surface area contributed by atoms with Gasteiger partial charge in [-0.15, -0.1) is 11.6 Å². The first-order valence-electron chi connectivity index (χ1n) is 4.02. The van der Waals surface area contributed by atoms with Crippen molar-refractivity contribution in [2.75, 3.05) is 7.11 Å². The van der Waals surface area contributed by atoms with Gasteiger partial charge < -0.3 is 4.74 Å². The standard InChI is InChI=1S/C9H8ClF2NO2/c1-15-9(14)5-2-3-13-7(8(11)12)6(5)4-10/h2-3,8H,4H2,1H3. The van der Waals surface area contributed by atoms with Crippen LogP contribution in [-0.4, -0.2) is 18.1 Å². The summed E-state index contributed by atoms with van der Waals surface area (Å²) in [5, 5.41) is 0. The topological polar surface area (TPSA) is 39.2 Å². The second-order valence-corrected chi connectivity index (χ2v) is 2.92. The number of methoxy groups -OCH3 is 1. The van der Waals surface area contributed by atoms with Gasteiger partial charge in [0.25, 0.3) is 6.43 Å². The fourth-order valence-corrected chi connectivity index (χ4v) is 1.42. The first-order chi connectivity index (χ1) is 7.11. The molecule has 0 atom stereocenters. The van der Waals surface area contributed by atoms with Gasteiger partial charge in [0.15, 0.2) is 0 Å². The van der Waals surface area contributed by atoms with Gasteiger partial charge in [0.05, 0.1) is 18.6 Å². The van der Waals surface area contributed by atoms with Gasteiger partial charge in [0.1, 0.15) is 5.69 Å². The molecule has 0 amide bonds. The summed E-state index contributed by atoms with van der Waals surface area (Å²) >= 11 is 5.50. The number of ether oxygens (including phenoxy) is 1. The number of alkyl halides is 3. The molecule has 0 saturated carbocycles. The molecule has 0 unspecified atom stereocenters. The van der Waals surface area contributed by atoms with Crippen LogP contribution in [0.1, 0.15) is 28.0 Å². The van der Waals surface area contributed by atoms with E-state index in [9.17, 15) is 13.6 Å². The third kappa shape index (κ3) is 2.41. The van der Waals surface area contributed by atoms with Gasteiger partial charge in [0.2, 0.25) is 0 Å². The highest BCUT2D eigenvalue weighted by Gasteiger charge is 2.20. The molecular weight excluding hydrogens is 228 g/mol. The molecule has 0 radical (unpaired) electrons. The summed E-state index contributed by atoms with van der Waals surface area (Å²) in [5.74, 6) is -0.909. The molecule has 1 aromatic heterocycles. The van der Waals surface area contributed by atoms with E-state index in [2.05, 4.69) is 9.72 Å². The summed E-state index contributed by atoms with van der Waals surface area (Å²) in [6.45, 7) is 0. The predicted molar refractivity (Wildman–Crippen MR) is 50.1 cm³/mol. The molecule has 6 heteroatoms. The minimum Gasteiger partial charge on any atom is -0.465 e. The van der Waals surface area contributed by atoms with Gasteiger partial charge in [-0.3, -0.25) is 4.98 Å². The first kappa shape index (κ1) is 11.8. The lowest BCUT2D eigenvalue weighted by Gasteiger charge is -2.09. The van der Waals surface area contributed by atoms with Crippen molar-refractivity contribution in [1.29, 1.82) is 0 Å². The predicted octanol–water partition coefficient (Wildman–Crippen LogP) is 2.54. The van der Waals surface area contributed by atoms with E-state index in [4.69, 9.17) is 11.6 Å². The lowest BCUT2D eigenvalue weighted by molar-refractivity contribution is 0.0599. The van der Waals surface area contributed by atoms with Crippen LogP contribution in [0.3, 0.4) is 0 Å². The summed E-state index contributed by atoms with van der Waals surface area (Å²) in [4.78, 5) is 14.7. The Morgan fingerprint density at radius 1 is 1.67 bits per heavy atom. The Morgan fingerprint density at radius 3 is 2.80 bits per heavy atom. The third-order valence-electron chi connectivity index (χ3n) is 1.83. The van der Waals surface area contributed by atoms with E-state index in [1.54, 1.807) is 0 Å². The highest BCUT2D eigenvalue weighted by atomic mass is 35.5. The van der Waals surface area contributed by atoms with Crippen molar-refractivity contribution in [3.8, 4) is 0 Å². The van der Waals surface area contributed by atoms with Crippen molar-refractivity contribution in [2.45, 2.75) is 12.3 Å². The second kappa shape index (κ2) is 5.02. The minimum atomic E-state index is -2.76. The van der Waals surface area contributed by atoms with Crippen LogP contribution in [0, 0.1) is 0 Å². The number of aromatic nitrogens is 1. The highest BCUT2D eigenvalue weighted by Crippen LogP contribution is 2.25. The Balaban J connectivity index is 3.28. The van der Waals surface area contributed by atoms with Crippen molar-refractivity contribution in [3.05, 3.63) is 29.1 Å². The number of nitrogens with zero attached hydrogens (tertiary/aromatic N) is 1. The molecule has 15 heavy (non-hydrogen) atoms. The highest BCUT2D eigenvalue weighted by molar-refractivity contribution is 6.17. The maximum absolute atomic E-state index is 12.5. The minimum absolute atomic E-state index is 0.0148. The summed E-state index contributed by atoms with van der Waals surface area (Å²) in [6.07, 6.45) is -1.63. The molecule has 1 heterocycles. The smallest absolute Gasteiger partial charge is 0.338 e. The Bertz CT molecular complexity index is 371. The number of carbonyl (C=O) groups is 1. The quantitative estimate of drug-likeness (QED) is 0.597. The molecule has 0 saturated heterocycles. The molecule has 0 spiro atoms. The Labute approximate surface area is 90.0 Å². The van der Waals surface area contributed by atoms with Crippen LogP contribution < -0.4 is 0 Å². The molecule has 1 aromatic rings. The zero-order chi connectivity index (χ0) is 11.4. The van der Waals surface area contributed by atoms with Gasteiger partial charge in [-0.2, -0.15) is 0 Å². The van der Waals surface area contributed by atoms with E-state index in [0.717, 1.165) is 6.20 Å². The summed E-state index contributed by atoms with van der Waals surface area (Å²) in [5.41, 5.74) is -0.438. The van der Waals surface area contributed by atoms with E-state index in [0.29, 0.717) is 0 Å². The number of rotatable bonds is 3. The molecule has 82 valence electrons. The van der Waals surface area contributed by atoms with Gasteiger partial charge in [-0.05, 0) is 6.07 Å². The fraction of sp³-hybridized carbons (Fsp3) is 0.333. The number of pyridine rings is 1. The second-order valence-electron chi connectivity index (χ2n) is 2.65. The van der Waals surface area contributed by atoms with Crippen LogP contribution in [0.25, 0.3) is 0 Å². The zero-order valence-electron chi connectivity index (χ0n) is 7.84. The van der Waals surface area contributed by atoms with Gasteiger partial charge in [-0.1, -0.05) is 0 Å². The third-order valence-corrected chi connectivity index (χ3v) is 2.10. The molecule has 0 fully saturated rings. The van der Waals surface area contributed by atoms with Crippen LogP contribution >= 0.6 is 11.6 Å². The average molecular weight is 236 g/mol. The zero-order valence-corrected chi connectivity index (χ0v) is 8.59. The summed E-state index contributed by atoms with van der Waals surface area (Å²) < 4.78 is 29.4. The van der Waals surface area contributed by atoms with Gasteiger partial charge in [-0.25, -0.2) is 13.6 Å². The SMILES string of the molecule is COC(=O)c1ccnc(C(F)F)c1CCl. The molecule has 0 N–H and O–H groups in total. The largest absolute Gasteiger partial charge is 0.465 e. The van der Waals surface area contributed by atoms with Crippen LogP contribution in [0.2, 0.25) is 0 Å². The summed E-state index contributed by atoms with van der Waals surface area (Å²) in [6, 6.07) is 1.30. The van der Waals surface area contributed by atoms with Crippen molar-refractivity contribution in [1.82, 2.24) is 4.98 Å². The first-order valence-corrected chi connectivity index (χ1v) is 4.55. The number of halogens is 3. The number of hydrogen-bond donors (Lipinski definition) is 0. The van der Waals surface area contributed by atoms with E-state index < -0.39 is 18.1 Å². The maximum atomic E-state index is 12.5. The monoisotopic (exact) mass is 235 g/mol. The molecule has 0 aliphatic carbocycles. The molecule has 3 nitrogen and oxygen atoms in total. The van der Waals surface area contributed by atoms with Crippen molar-refractivity contribution >= 4 is 17.6 Å². The van der Waals surface area contributed by atoms with Crippen LogP contribution in [-0.2, 0) is 10.6 Å². The van der Waals surface area contributed by atoms with Crippen molar-refractivity contribution < 1.29 is 18.3 Å². The fourth-order valence-electron chi connectivity index (χ4n) is 1.14. The van der Waals surface area contributed by atoms with Crippen LogP contribution in [0.5, 0.6) is 0 Å².